The molecule has 1 amide bonds. The largest absolute Gasteiger partial charge is 0.481 e. The first-order valence-electron chi connectivity index (χ1n) is 6.89. The van der Waals surface area contributed by atoms with Crippen molar-refractivity contribution in [2.75, 3.05) is 39.4 Å². The molecule has 0 radical (unpaired) electrons. The van der Waals surface area contributed by atoms with Crippen molar-refractivity contribution in [3.8, 4) is 0 Å². The van der Waals surface area contributed by atoms with E-state index in [4.69, 9.17) is 9.84 Å². The topological polar surface area (TPSA) is 78.9 Å². The number of hydrogen-bond acceptors (Lipinski definition) is 4. The van der Waals surface area contributed by atoms with Crippen molar-refractivity contribution in [1.82, 2.24) is 10.2 Å². The summed E-state index contributed by atoms with van der Waals surface area (Å²) in [7, 11) is 0. The van der Waals surface area contributed by atoms with E-state index in [0.717, 1.165) is 25.9 Å². The molecule has 19 heavy (non-hydrogen) atoms. The smallest absolute Gasteiger partial charge is 0.306 e. The maximum absolute atomic E-state index is 11.6. The number of rotatable bonds is 8. The summed E-state index contributed by atoms with van der Waals surface area (Å²) in [6.07, 6.45) is 2.31. The van der Waals surface area contributed by atoms with Crippen LogP contribution in [0.5, 0.6) is 0 Å². The zero-order valence-electron chi connectivity index (χ0n) is 11.6. The van der Waals surface area contributed by atoms with Crippen LogP contribution in [0.2, 0.25) is 0 Å². The Morgan fingerprint density at radius 2 is 2.00 bits per heavy atom. The number of nitrogens with one attached hydrogen (secondary N) is 1. The summed E-state index contributed by atoms with van der Waals surface area (Å²) in [5.41, 5.74) is 0. The summed E-state index contributed by atoms with van der Waals surface area (Å²) < 4.78 is 5.21. The lowest BCUT2D eigenvalue weighted by molar-refractivity contribution is -0.141. The minimum Gasteiger partial charge on any atom is -0.481 e. The molecule has 1 aliphatic rings. The number of carboxylic acids is 1. The molecule has 1 aliphatic heterocycles. The molecule has 0 aromatic rings. The highest BCUT2D eigenvalue weighted by Crippen LogP contribution is 2.07. The second-order valence-electron chi connectivity index (χ2n) is 4.97. The van der Waals surface area contributed by atoms with Gasteiger partial charge in [0.05, 0.1) is 25.7 Å². The molecular weight excluding hydrogens is 248 g/mol. The van der Waals surface area contributed by atoms with Gasteiger partial charge in [-0.05, 0) is 12.8 Å². The Balaban J connectivity index is 1.99. The third-order valence-electron chi connectivity index (χ3n) is 3.28. The predicted octanol–water partition coefficient (Wildman–Crippen LogP) is 0.326. The molecule has 1 atom stereocenters. The van der Waals surface area contributed by atoms with E-state index in [2.05, 4.69) is 10.2 Å². The Kier molecular flexibility index (Phi) is 7.43. The van der Waals surface area contributed by atoms with E-state index in [1.807, 2.05) is 0 Å². The van der Waals surface area contributed by atoms with E-state index >= 15 is 0 Å². The maximum atomic E-state index is 11.6. The van der Waals surface area contributed by atoms with E-state index in [9.17, 15) is 9.59 Å². The van der Waals surface area contributed by atoms with Crippen molar-refractivity contribution in [3.05, 3.63) is 0 Å². The van der Waals surface area contributed by atoms with Gasteiger partial charge in [-0.25, -0.2) is 0 Å². The van der Waals surface area contributed by atoms with Gasteiger partial charge < -0.3 is 15.2 Å². The predicted molar refractivity (Wildman–Crippen MR) is 70.9 cm³/mol. The van der Waals surface area contributed by atoms with Crippen LogP contribution in [0, 0.1) is 5.92 Å². The zero-order valence-corrected chi connectivity index (χ0v) is 11.6. The van der Waals surface area contributed by atoms with E-state index in [1.165, 1.54) is 0 Å². The lowest BCUT2D eigenvalue weighted by Crippen LogP contribution is -2.43. The molecule has 6 heteroatoms. The Bertz CT molecular complexity index is 290. The average molecular weight is 272 g/mol. The number of nitrogens with zero attached hydrogens (tertiary/aromatic N) is 1. The molecule has 1 rings (SSSR count). The number of carboxylic acid groups (broad SMARTS) is 1. The third-order valence-corrected chi connectivity index (χ3v) is 3.28. The molecule has 0 aliphatic carbocycles. The van der Waals surface area contributed by atoms with Crippen LogP contribution in [0.3, 0.4) is 0 Å². The van der Waals surface area contributed by atoms with E-state index in [0.29, 0.717) is 32.7 Å². The number of amides is 1. The number of ether oxygens (including phenoxy) is 1. The van der Waals surface area contributed by atoms with Crippen LogP contribution in [0.15, 0.2) is 0 Å². The summed E-state index contributed by atoms with van der Waals surface area (Å²) in [5.74, 6) is -1.02. The number of morpholine rings is 1. The minimum atomic E-state index is -0.753. The van der Waals surface area contributed by atoms with Gasteiger partial charge in [0.1, 0.15) is 0 Å². The maximum Gasteiger partial charge on any atom is 0.306 e. The number of aliphatic carboxylic acids is 1. The van der Waals surface area contributed by atoms with Crippen LogP contribution in [-0.2, 0) is 14.3 Å². The highest BCUT2D eigenvalue weighted by atomic mass is 16.5. The van der Waals surface area contributed by atoms with Crippen molar-refractivity contribution in [3.63, 3.8) is 0 Å². The molecule has 0 saturated carbocycles. The van der Waals surface area contributed by atoms with Crippen molar-refractivity contribution in [1.29, 1.82) is 0 Å². The molecule has 0 aromatic carbocycles. The van der Waals surface area contributed by atoms with Crippen LogP contribution < -0.4 is 5.32 Å². The second kappa shape index (κ2) is 8.87. The lowest BCUT2D eigenvalue weighted by Gasteiger charge is -2.25. The second-order valence-corrected chi connectivity index (χ2v) is 4.97. The summed E-state index contributed by atoms with van der Waals surface area (Å²) >= 11 is 0. The summed E-state index contributed by atoms with van der Waals surface area (Å²) in [5, 5.41) is 11.6. The van der Waals surface area contributed by atoms with E-state index < -0.39 is 5.97 Å². The van der Waals surface area contributed by atoms with E-state index in [1.54, 1.807) is 6.92 Å². The van der Waals surface area contributed by atoms with Crippen molar-refractivity contribution < 1.29 is 19.4 Å². The Labute approximate surface area is 114 Å². The molecule has 1 saturated heterocycles. The monoisotopic (exact) mass is 272 g/mol. The van der Waals surface area contributed by atoms with Crippen molar-refractivity contribution >= 4 is 11.9 Å². The van der Waals surface area contributed by atoms with Gasteiger partial charge >= 0.3 is 5.97 Å². The quantitative estimate of drug-likeness (QED) is 0.622. The van der Waals surface area contributed by atoms with Gasteiger partial charge in [-0.2, -0.15) is 0 Å². The fraction of sp³-hybridized carbons (Fsp3) is 0.846. The van der Waals surface area contributed by atoms with Gasteiger partial charge in [-0.15, -0.1) is 0 Å². The molecule has 2 N–H and O–H groups in total. The first-order chi connectivity index (χ1) is 9.09. The lowest BCUT2D eigenvalue weighted by atomic mass is 10.0. The first kappa shape index (κ1) is 15.9. The molecular formula is C13H24N2O4. The van der Waals surface area contributed by atoms with Gasteiger partial charge in [0.15, 0.2) is 0 Å². The average Bonchev–Trinajstić information content (AvgIpc) is 2.39. The Morgan fingerprint density at radius 1 is 1.32 bits per heavy atom. The summed E-state index contributed by atoms with van der Waals surface area (Å²) in [6.45, 7) is 5.76. The molecule has 1 heterocycles. The minimum absolute atomic E-state index is 0.0354. The molecule has 0 aromatic heterocycles. The van der Waals surface area contributed by atoms with Gasteiger partial charge in [-0.1, -0.05) is 13.3 Å². The molecule has 1 fully saturated rings. The highest BCUT2D eigenvalue weighted by molar-refractivity contribution is 5.77. The zero-order chi connectivity index (χ0) is 14.1. The van der Waals surface area contributed by atoms with Crippen molar-refractivity contribution in [2.45, 2.75) is 26.2 Å². The van der Waals surface area contributed by atoms with Gasteiger partial charge in [0, 0.05) is 19.6 Å². The van der Waals surface area contributed by atoms with Gasteiger partial charge in [-0.3, -0.25) is 14.5 Å². The van der Waals surface area contributed by atoms with Crippen molar-refractivity contribution in [2.24, 2.45) is 5.92 Å². The van der Waals surface area contributed by atoms with Crippen LogP contribution in [0.1, 0.15) is 26.2 Å². The van der Waals surface area contributed by atoms with Crippen LogP contribution in [0.25, 0.3) is 0 Å². The Hall–Kier alpha value is -1.14. The molecule has 6 nitrogen and oxygen atoms in total. The van der Waals surface area contributed by atoms with Crippen LogP contribution in [-0.4, -0.2) is 61.3 Å². The Morgan fingerprint density at radius 3 is 2.63 bits per heavy atom. The fourth-order valence-electron chi connectivity index (χ4n) is 1.95. The number of unbranched alkanes of at least 4 members (excludes halogenated alkanes) is 1. The highest BCUT2D eigenvalue weighted by Gasteiger charge is 2.13. The van der Waals surface area contributed by atoms with Crippen LogP contribution >= 0.6 is 0 Å². The molecule has 110 valence electrons. The summed E-state index contributed by atoms with van der Waals surface area (Å²) in [6, 6.07) is 0. The van der Waals surface area contributed by atoms with Gasteiger partial charge in [0.2, 0.25) is 5.91 Å². The van der Waals surface area contributed by atoms with E-state index in [-0.39, 0.29) is 11.8 Å². The SMILES string of the molecule is C[C@@H](CCCCNC(=O)CN1CCOCC1)C(=O)O. The van der Waals surface area contributed by atoms with Gasteiger partial charge in [0.25, 0.3) is 0 Å². The molecule has 0 unspecified atom stereocenters. The van der Waals surface area contributed by atoms with Crippen LogP contribution in [0.4, 0.5) is 0 Å². The molecule has 0 bridgehead atoms. The third kappa shape index (κ3) is 7.12. The first-order valence-corrected chi connectivity index (χ1v) is 6.89. The number of hydrogen-bond donors (Lipinski definition) is 2. The standard InChI is InChI=1S/C13H24N2O4/c1-11(13(17)18)4-2-3-5-14-12(16)10-15-6-8-19-9-7-15/h11H,2-10H2,1H3,(H,14,16)(H,17,18)/t11-/m0/s1. The number of carbonyl (C=O) groups excluding carboxylic acids is 1. The molecule has 0 spiro atoms. The normalized spacial score (nSPS) is 17.9. The number of carbonyl (C=O) groups is 2. The fourth-order valence-corrected chi connectivity index (χ4v) is 1.95. The summed E-state index contributed by atoms with van der Waals surface area (Å²) in [4.78, 5) is 24.3.